The Morgan fingerprint density at radius 2 is 2.15 bits per heavy atom. The van der Waals surface area contributed by atoms with Crippen LogP contribution in [0.5, 0.6) is 11.5 Å². The van der Waals surface area contributed by atoms with Gasteiger partial charge in [-0.05, 0) is 31.0 Å². The standard InChI is InChI=1S/C24H25ClN4O4/c1-31-23-16(25)5-2-6-17(23)28-22-19-20-14(12-27-24(19)30)4-3-9-32-10-11-33-18-13-26-8-7-15(18)21(22)29-20/h2,5-8,13-14,28-29H,3-4,9-12H2,1H3,(H,27,30)/t14-/m0/s1. The number of para-hydroxylation sites is 1. The third-order valence-electron chi connectivity index (χ3n) is 5.98. The van der Waals surface area contributed by atoms with Crippen LogP contribution in [0, 0.1) is 0 Å². The van der Waals surface area contributed by atoms with Gasteiger partial charge in [0.15, 0.2) is 5.75 Å². The lowest BCUT2D eigenvalue weighted by atomic mass is 9.92. The van der Waals surface area contributed by atoms with Crippen molar-refractivity contribution in [1.29, 1.82) is 0 Å². The topological polar surface area (TPSA) is 97.5 Å². The fourth-order valence-corrected chi connectivity index (χ4v) is 4.69. The highest BCUT2D eigenvalue weighted by molar-refractivity contribution is 6.32. The number of H-pyrrole nitrogens is 1. The summed E-state index contributed by atoms with van der Waals surface area (Å²) in [7, 11) is 1.57. The van der Waals surface area contributed by atoms with Gasteiger partial charge < -0.3 is 29.8 Å². The van der Waals surface area contributed by atoms with Crippen molar-refractivity contribution in [1.82, 2.24) is 15.3 Å². The summed E-state index contributed by atoms with van der Waals surface area (Å²) in [6.07, 6.45) is 5.15. The molecule has 5 rings (SSSR count). The lowest BCUT2D eigenvalue weighted by molar-refractivity contribution is 0.0919. The van der Waals surface area contributed by atoms with Crippen molar-refractivity contribution in [3.05, 3.63) is 52.9 Å². The molecule has 1 atom stereocenters. The average Bonchev–Trinajstić information content (AvgIpc) is 3.20. The van der Waals surface area contributed by atoms with Crippen LogP contribution in [0.2, 0.25) is 5.02 Å². The molecule has 3 aromatic rings. The fraction of sp³-hybridized carbons (Fsp3) is 0.333. The Balaban J connectivity index is 1.71. The molecule has 4 heterocycles. The maximum atomic E-state index is 13.1. The summed E-state index contributed by atoms with van der Waals surface area (Å²) < 4.78 is 17.2. The number of methoxy groups -OCH3 is 1. The molecular formula is C24H25ClN4O4. The number of pyridine rings is 1. The number of nitrogens with zero attached hydrogens (tertiary/aromatic N) is 1. The molecule has 172 valence electrons. The molecule has 33 heavy (non-hydrogen) atoms. The van der Waals surface area contributed by atoms with Crippen molar-refractivity contribution in [3.8, 4) is 22.8 Å². The van der Waals surface area contributed by atoms with Gasteiger partial charge in [-0.2, -0.15) is 0 Å². The van der Waals surface area contributed by atoms with Crippen molar-refractivity contribution in [3.63, 3.8) is 0 Å². The molecule has 0 aliphatic carbocycles. The highest BCUT2D eigenvalue weighted by atomic mass is 35.5. The van der Waals surface area contributed by atoms with Gasteiger partial charge in [-0.25, -0.2) is 0 Å². The van der Waals surface area contributed by atoms with E-state index in [1.54, 1.807) is 25.6 Å². The molecule has 0 spiro atoms. The number of hydrogen-bond donors (Lipinski definition) is 3. The quantitative estimate of drug-likeness (QED) is 0.523. The highest BCUT2D eigenvalue weighted by Gasteiger charge is 2.33. The maximum Gasteiger partial charge on any atom is 0.255 e. The number of ether oxygens (including phenoxy) is 3. The second-order valence-corrected chi connectivity index (χ2v) is 8.40. The Labute approximate surface area is 196 Å². The molecule has 1 amide bonds. The molecule has 8 nitrogen and oxygen atoms in total. The van der Waals surface area contributed by atoms with E-state index >= 15 is 0 Å². The largest absolute Gasteiger partial charge is 0.493 e. The van der Waals surface area contributed by atoms with E-state index in [2.05, 4.69) is 20.6 Å². The molecule has 0 saturated carbocycles. The van der Waals surface area contributed by atoms with Gasteiger partial charge in [-0.3, -0.25) is 9.78 Å². The summed E-state index contributed by atoms with van der Waals surface area (Å²) in [6.45, 7) is 2.13. The molecule has 0 saturated heterocycles. The van der Waals surface area contributed by atoms with Gasteiger partial charge in [0, 0.05) is 36.5 Å². The van der Waals surface area contributed by atoms with Gasteiger partial charge in [0.2, 0.25) is 0 Å². The third-order valence-corrected chi connectivity index (χ3v) is 6.28. The number of benzene rings is 1. The van der Waals surface area contributed by atoms with Crippen LogP contribution in [0.3, 0.4) is 0 Å². The van der Waals surface area contributed by atoms with Crippen LogP contribution in [0.1, 0.15) is 34.8 Å². The number of fused-ring (bicyclic) bond motifs is 3. The van der Waals surface area contributed by atoms with Crippen molar-refractivity contribution in [2.45, 2.75) is 18.8 Å². The first-order valence-electron chi connectivity index (χ1n) is 11.0. The molecule has 0 radical (unpaired) electrons. The molecule has 0 unspecified atom stereocenters. The maximum absolute atomic E-state index is 13.1. The van der Waals surface area contributed by atoms with Crippen molar-refractivity contribution < 1.29 is 19.0 Å². The zero-order valence-corrected chi connectivity index (χ0v) is 19.0. The zero-order chi connectivity index (χ0) is 22.8. The van der Waals surface area contributed by atoms with E-state index in [0.29, 0.717) is 59.8 Å². The number of rotatable bonds is 3. The number of carbonyl (C=O) groups excluding carboxylic acids is 1. The van der Waals surface area contributed by atoms with E-state index in [1.807, 2.05) is 18.2 Å². The van der Waals surface area contributed by atoms with E-state index in [9.17, 15) is 4.79 Å². The van der Waals surface area contributed by atoms with E-state index in [0.717, 1.165) is 29.8 Å². The lowest BCUT2D eigenvalue weighted by Gasteiger charge is -2.24. The molecule has 9 heteroatoms. The van der Waals surface area contributed by atoms with E-state index in [4.69, 9.17) is 25.8 Å². The molecule has 2 bridgehead atoms. The van der Waals surface area contributed by atoms with Crippen LogP contribution >= 0.6 is 11.6 Å². The Hall–Kier alpha value is -3.23. The number of halogens is 1. The molecule has 1 aromatic carbocycles. The Bertz CT molecular complexity index is 1180. The summed E-state index contributed by atoms with van der Waals surface area (Å²) in [5.74, 6) is 1.12. The molecule has 2 aliphatic heterocycles. The number of aromatic amines is 1. The van der Waals surface area contributed by atoms with Crippen LogP contribution in [0.15, 0.2) is 36.7 Å². The number of amides is 1. The minimum atomic E-state index is -0.132. The van der Waals surface area contributed by atoms with Gasteiger partial charge >= 0.3 is 0 Å². The van der Waals surface area contributed by atoms with Gasteiger partial charge in [0.1, 0.15) is 12.4 Å². The Morgan fingerprint density at radius 3 is 3.03 bits per heavy atom. The molecule has 3 N–H and O–H groups in total. The zero-order valence-electron chi connectivity index (χ0n) is 18.2. The number of nitrogens with one attached hydrogen (secondary N) is 3. The minimum absolute atomic E-state index is 0.132. The van der Waals surface area contributed by atoms with Gasteiger partial charge in [-0.1, -0.05) is 17.7 Å². The van der Waals surface area contributed by atoms with E-state index < -0.39 is 0 Å². The van der Waals surface area contributed by atoms with Gasteiger partial charge in [0.25, 0.3) is 5.91 Å². The van der Waals surface area contributed by atoms with Crippen LogP contribution in [0.4, 0.5) is 11.4 Å². The third kappa shape index (κ3) is 4.12. The first-order chi connectivity index (χ1) is 16.2. The summed E-state index contributed by atoms with van der Waals surface area (Å²) in [5, 5.41) is 6.95. The summed E-state index contributed by atoms with van der Waals surface area (Å²) in [4.78, 5) is 20.9. The molecule has 0 fully saturated rings. The Morgan fingerprint density at radius 1 is 1.24 bits per heavy atom. The second-order valence-electron chi connectivity index (χ2n) is 7.99. The number of aromatic nitrogens is 2. The van der Waals surface area contributed by atoms with Gasteiger partial charge in [-0.15, -0.1) is 0 Å². The van der Waals surface area contributed by atoms with Crippen LogP contribution in [-0.2, 0) is 4.74 Å². The smallest absolute Gasteiger partial charge is 0.255 e. The highest BCUT2D eigenvalue weighted by Crippen LogP contribution is 2.45. The van der Waals surface area contributed by atoms with Crippen molar-refractivity contribution >= 4 is 28.9 Å². The van der Waals surface area contributed by atoms with E-state index in [-0.39, 0.29) is 11.8 Å². The first kappa shape index (κ1) is 21.6. The molecule has 2 aliphatic rings. The number of carbonyl (C=O) groups is 1. The normalized spacial score (nSPS) is 18.0. The summed E-state index contributed by atoms with van der Waals surface area (Å²) in [6, 6.07) is 7.34. The number of hydrogen-bond acceptors (Lipinski definition) is 6. The minimum Gasteiger partial charge on any atom is -0.493 e. The summed E-state index contributed by atoms with van der Waals surface area (Å²) in [5.41, 5.74) is 4.35. The number of anilines is 2. The predicted octanol–water partition coefficient (Wildman–Crippen LogP) is 4.50. The van der Waals surface area contributed by atoms with Crippen LogP contribution < -0.4 is 20.1 Å². The first-order valence-corrected chi connectivity index (χ1v) is 11.3. The predicted molar refractivity (Wildman–Crippen MR) is 126 cm³/mol. The van der Waals surface area contributed by atoms with Gasteiger partial charge in [0.05, 0.1) is 47.6 Å². The van der Waals surface area contributed by atoms with Crippen LogP contribution in [0.25, 0.3) is 11.3 Å². The SMILES string of the molecule is COc1c(Cl)cccc1Nc1c2[nH]c3c1C(=O)NC[C@@H]3CCCOCCOc1cnccc1-2. The monoisotopic (exact) mass is 468 g/mol. The average molecular weight is 469 g/mol. The van der Waals surface area contributed by atoms with Crippen molar-refractivity contribution in [2.24, 2.45) is 0 Å². The second kappa shape index (κ2) is 9.33. The lowest BCUT2D eigenvalue weighted by Crippen LogP contribution is -2.35. The van der Waals surface area contributed by atoms with Crippen LogP contribution in [-0.4, -0.2) is 49.4 Å². The molecule has 2 aromatic heterocycles. The Kier molecular flexibility index (Phi) is 6.11. The fourth-order valence-electron chi connectivity index (χ4n) is 4.44. The van der Waals surface area contributed by atoms with E-state index in [1.165, 1.54) is 0 Å². The van der Waals surface area contributed by atoms with Crippen molar-refractivity contribution in [2.75, 3.05) is 38.8 Å². The molecular weight excluding hydrogens is 444 g/mol. The summed E-state index contributed by atoms with van der Waals surface area (Å²) >= 11 is 6.36.